The highest BCUT2D eigenvalue weighted by molar-refractivity contribution is 6.58. The minimum absolute atomic E-state index is 0.250. The maximum atomic E-state index is 15.2. The molecule has 0 amide bonds. The number of nitrogens with zero attached hydrogens (tertiary/aromatic N) is 5. The van der Waals surface area contributed by atoms with Crippen LogP contribution in [0, 0.1) is 0 Å². The van der Waals surface area contributed by atoms with Crippen LogP contribution in [0.5, 0.6) is 0 Å². The molecule has 2 aliphatic rings. The summed E-state index contributed by atoms with van der Waals surface area (Å²) >= 11 is 0. The molecule has 0 saturated heterocycles. The predicted molar refractivity (Wildman–Crippen MR) is 92.4 cm³/mol. The number of rotatable bonds is 6. The summed E-state index contributed by atoms with van der Waals surface area (Å²) in [6.45, 7) is -1.59. The lowest BCUT2D eigenvalue weighted by molar-refractivity contribution is -0.362. The van der Waals surface area contributed by atoms with Crippen molar-refractivity contribution < 1.29 is 22.7 Å². The first-order chi connectivity index (χ1) is 12.5. The van der Waals surface area contributed by atoms with Crippen LogP contribution in [0.4, 0.5) is 8.63 Å². The topological polar surface area (TPSA) is 90.8 Å². The minimum Gasteiger partial charge on any atom is -0.394 e. The second-order valence-electron chi connectivity index (χ2n) is 5.86. The van der Waals surface area contributed by atoms with Gasteiger partial charge in [0, 0.05) is 41.8 Å². The number of aryl methyl sites for hydroxylation is 1. The summed E-state index contributed by atoms with van der Waals surface area (Å²) in [4.78, 5) is 18.9. The lowest BCUT2D eigenvalue weighted by Gasteiger charge is -2.30. The summed E-state index contributed by atoms with van der Waals surface area (Å²) in [6, 6.07) is 3.47. The van der Waals surface area contributed by atoms with Gasteiger partial charge in [0.15, 0.2) is 5.70 Å². The number of fused-ring (bicyclic) bond motifs is 2. The zero-order valence-corrected chi connectivity index (χ0v) is 14.3. The van der Waals surface area contributed by atoms with Crippen molar-refractivity contribution >= 4 is 24.9 Å². The standard InChI is InChI=1S/C15H18BF2N5.CO2/c1-2-4-12-6-8-14-11-15-9-7-13(5-3-10-20-21-19)23(15)16(17,18)22(12)14;2-1-3/h6-9,11H,2-5,10H2,1H3;. The van der Waals surface area contributed by atoms with Crippen LogP contribution < -0.4 is 0 Å². The lowest BCUT2D eigenvalue weighted by Crippen LogP contribution is -2.50. The van der Waals surface area contributed by atoms with E-state index in [0.717, 1.165) is 10.9 Å². The molecular formula is C16H18BF2N5O2. The Morgan fingerprint density at radius 1 is 1.31 bits per heavy atom. The van der Waals surface area contributed by atoms with E-state index in [9.17, 15) is 0 Å². The van der Waals surface area contributed by atoms with Gasteiger partial charge in [-0.25, -0.2) is 0 Å². The number of allylic oxidation sites excluding steroid dienone is 2. The van der Waals surface area contributed by atoms with Crippen molar-refractivity contribution in [2.24, 2.45) is 5.11 Å². The van der Waals surface area contributed by atoms with Crippen LogP contribution in [0.25, 0.3) is 16.5 Å². The van der Waals surface area contributed by atoms with Crippen molar-refractivity contribution in [2.45, 2.75) is 32.6 Å². The molecule has 7 nitrogen and oxygen atoms in total. The lowest BCUT2D eigenvalue weighted by atomic mass is 9.90. The molecule has 0 N–H and O–H groups in total. The molecule has 10 heteroatoms. The molecule has 0 aromatic carbocycles. The van der Waals surface area contributed by atoms with E-state index in [1.54, 1.807) is 30.4 Å². The Labute approximate surface area is 149 Å². The van der Waals surface area contributed by atoms with Crippen molar-refractivity contribution in [1.29, 1.82) is 0 Å². The molecule has 0 unspecified atom stereocenters. The number of aromatic nitrogens is 1. The third kappa shape index (κ3) is 3.66. The van der Waals surface area contributed by atoms with Gasteiger partial charge in [0.25, 0.3) is 0 Å². The van der Waals surface area contributed by atoms with Crippen LogP contribution in [0.15, 0.2) is 35.1 Å². The van der Waals surface area contributed by atoms with Crippen molar-refractivity contribution in [2.75, 3.05) is 6.54 Å². The summed E-state index contributed by atoms with van der Waals surface area (Å²) in [6.07, 6.45) is 8.08. The molecule has 26 heavy (non-hydrogen) atoms. The molecule has 2 aliphatic heterocycles. The second-order valence-corrected chi connectivity index (χ2v) is 5.86. The number of azide groups is 1. The fourth-order valence-corrected chi connectivity index (χ4v) is 3.32. The molecule has 3 rings (SSSR count). The summed E-state index contributed by atoms with van der Waals surface area (Å²) in [5.74, 6) is 0. The van der Waals surface area contributed by atoms with Gasteiger partial charge in [-0.1, -0.05) is 12.0 Å². The highest BCUT2D eigenvalue weighted by Crippen LogP contribution is 2.33. The normalized spacial score (nSPS) is 15.9. The average Bonchev–Trinajstić information content (AvgIpc) is 3.18. The molecule has 0 saturated carbocycles. The summed E-state index contributed by atoms with van der Waals surface area (Å²) in [7, 11) is 0. The van der Waals surface area contributed by atoms with E-state index in [1.807, 2.05) is 6.92 Å². The molecule has 0 radical (unpaired) electrons. The van der Waals surface area contributed by atoms with Gasteiger partial charge < -0.3 is 17.6 Å². The molecule has 0 atom stereocenters. The van der Waals surface area contributed by atoms with Gasteiger partial charge in [-0.05, 0) is 42.6 Å². The molecule has 0 spiro atoms. The first-order valence-electron chi connectivity index (χ1n) is 8.28. The largest absolute Gasteiger partial charge is 0.737 e. The van der Waals surface area contributed by atoms with Gasteiger partial charge >= 0.3 is 13.1 Å². The summed E-state index contributed by atoms with van der Waals surface area (Å²) < 4.78 is 32.7. The highest BCUT2D eigenvalue weighted by Gasteiger charge is 2.52. The molecule has 1 aromatic rings. The molecule has 0 fully saturated rings. The van der Waals surface area contributed by atoms with E-state index in [1.165, 1.54) is 4.49 Å². The molecule has 136 valence electrons. The third-order valence-electron chi connectivity index (χ3n) is 4.25. The van der Waals surface area contributed by atoms with E-state index in [-0.39, 0.29) is 6.15 Å². The van der Waals surface area contributed by atoms with Gasteiger partial charge in [0.1, 0.15) is 5.71 Å². The monoisotopic (exact) mass is 361 g/mol. The van der Waals surface area contributed by atoms with Crippen molar-refractivity contribution in [3.05, 3.63) is 51.8 Å². The molecule has 0 bridgehead atoms. The predicted octanol–water partition coefficient (Wildman–Crippen LogP) is 3.55. The van der Waals surface area contributed by atoms with E-state index in [2.05, 4.69) is 10.0 Å². The smallest absolute Gasteiger partial charge is 0.394 e. The maximum absolute atomic E-state index is 15.2. The van der Waals surface area contributed by atoms with Crippen LogP contribution in [-0.4, -0.2) is 34.3 Å². The van der Waals surface area contributed by atoms with Crippen LogP contribution in [0.1, 0.15) is 37.6 Å². The van der Waals surface area contributed by atoms with Gasteiger partial charge in [-0.3, -0.25) is 0 Å². The Kier molecular flexibility index (Phi) is 6.28. The van der Waals surface area contributed by atoms with Crippen molar-refractivity contribution in [1.82, 2.24) is 4.48 Å². The Hall–Kier alpha value is -2.96. The number of hydrogen-bond acceptors (Lipinski definition) is 3. The van der Waals surface area contributed by atoms with Gasteiger partial charge in [-0.2, -0.15) is 9.59 Å². The van der Waals surface area contributed by atoms with Crippen LogP contribution in [-0.2, 0) is 16.0 Å². The Morgan fingerprint density at radius 2 is 2.04 bits per heavy atom. The second kappa shape index (κ2) is 8.42. The summed E-state index contributed by atoms with van der Waals surface area (Å²) in [5, 5.41) is 3.46. The van der Waals surface area contributed by atoms with E-state index in [4.69, 9.17) is 15.1 Å². The van der Waals surface area contributed by atoms with Crippen molar-refractivity contribution in [3.63, 3.8) is 0 Å². The van der Waals surface area contributed by atoms with E-state index in [0.29, 0.717) is 48.6 Å². The first kappa shape index (κ1) is 19.4. The van der Waals surface area contributed by atoms with Gasteiger partial charge in [-0.15, -0.1) is 0 Å². The molecule has 0 aliphatic carbocycles. The summed E-state index contributed by atoms with van der Waals surface area (Å²) in [5.41, 5.74) is 10.6. The number of carbonyl (C=O) groups excluding carboxylic acids is 2. The van der Waals surface area contributed by atoms with Gasteiger partial charge in [0.2, 0.25) is 0 Å². The highest BCUT2D eigenvalue weighted by atomic mass is 19.2. The SMILES string of the molecule is CCCC1=[N+]2C(=Cc3ccc(CCCN=[N+]=[N-])n3[B-]2(F)F)C=C1.O=C=O. The van der Waals surface area contributed by atoms with Crippen LogP contribution in [0.3, 0.4) is 0 Å². The fraction of sp³-hybridized carbons (Fsp3) is 0.375. The zero-order chi connectivity index (χ0) is 19.2. The quantitative estimate of drug-likeness (QED) is 0.255. The number of hydrogen-bond donors (Lipinski definition) is 0. The van der Waals surface area contributed by atoms with Crippen LogP contribution in [0.2, 0.25) is 0 Å². The minimum atomic E-state index is -3.89. The maximum Gasteiger partial charge on any atom is 0.737 e. The van der Waals surface area contributed by atoms with E-state index >= 15 is 8.63 Å². The molecule has 3 heterocycles. The fourth-order valence-electron chi connectivity index (χ4n) is 3.32. The van der Waals surface area contributed by atoms with Crippen LogP contribution >= 0.6 is 0 Å². The Morgan fingerprint density at radius 3 is 2.69 bits per heavy atom. The average molecular weight is 361 g/mol. The zero-order valence-electron chi connectivity index (χ0n) is 14.3. The van der Waals surface area contributed by atoms with Crippen molar-refractivity contribution in [3.8, 4) is 0 Å². The first-order valence-corrected chi connectivity index (χ1v) is 8.28. The van der Waals surface area contributed by atoms with Gasteiger partial charge in [0.05, 0.1) is 0 Å². The molecule has 1 aromatic heterocycles. The number of halogens is 2. The Bertz CT molecular complexity index is 860. The molecular weight excluding hydrogens is 343 g/mol. The Balaban J connectivity index is 0.000000758. The van der Waals surface area contributed by atoms with E-state index < -0.39 is 6.97 Å². The third-order valence-corrected chi connectivity index (χ3v) is 4.25.